The lowest BCUT2D eigenvalue weighted by Gasteiger charge is -2.19. The van der Waals surface area contributed by atoms with Crippen LogP contribution < -0.4 is 5.32 Å². The van der Waals surface area contributed by atoms with E-state index in [-0.39, 0.29) is 5.91 Å². The van der Waals surface area contributed by atoms with Gasteiger partial charge in [-0.05, 0) is 33.6 Å². The van der Waals surface area contributed by atoms with E-state index in [0.29, 0.717) is 0 Å². The summed E-state index contributed by atoms with van der Waals surface area (Å²) in [6.07, 6.45) is 3.92. The van der Waals surface area contributed by atoms with E-state index in [2.05, 4.69) is 5.32 Å². The molecule has 0 aromatic carbocycles. The topological polar surface area (TPSA) is 29.1 Å². The highest BCUT2D eigenvalue weighted by Crippen LogP contribution is 2.26. The van der Waals surface area contributed by atoms with Crippen molar-refractivity contribution in [3.8, 4) is 0 Å². The molecule has 0 aliphatic heterocycles. The molecule has 1 aliphatic rings. The molecule has 0 fully saturated rings. The van der Waals surface area contributed by atoms with Gasteiger partial charge in [-0.3, -0.25) is 4.79 Å². The van der Waals surface area contributed by atoms with Gasteiger partial charge in [0, 0.05) is 11.3 Å². The van der Waals surface area contributed by atoms with Crippen molar-refractivity contribution in [3.63, 3.8) is 0 Å². The highest BCUT2D eigenvalue weighted by molar-refractivity contribution is 5.96. The molecule has 0 atom stereocenters. The van der Waals surface area contributed by atoms with Gasteiger partial charge >= 0.3 is 0 Å². The predicted molar refractivity (Wildman–Crippen MR) is 49.5 cm³/mol. The van der Waals surface area contributed by atoms with E-state index in [9.17, 15) is 4.79 Å². The highest BCUT2D eigenvalue weighted by Gasteiger charge is 2.19. The molecule has 2 heteroatoms. The Morgan fingerprint density at radius 2 is 2.17 bits per heavy atom. The Morgan fingerprint density at radius 3 is 2.50 bits per heavy atom. The van der Waals surface area contributed by atoms with Crippen LogP contribution in [0.5, 0.6) is 0 Å². The minimum atomic E-state index is 0.0781. The first kappa shape index (κ1) is 9.04. The number of carbonyl (C=O) groups is 1. The van der Waals surface area contributed by atoms with Crippen molar-refractivity contribution in [2.75, 3.05) is 0 Å². The maximum Gasteiger partial charge on any atom is 0.251 e. The molecule has 0 aromatic rings. The summed E-state index contributed by atoms with van der Waals surface area (Å²) in [6, 6.07) is 0. The minimum Gasteiger partial charge on any atom is -0.327 e. The molecule has 0 bridgehead atoms. The van der Waals surface area contributed by atoms with Crippen LogP contribution in [-0.2, 0) is 4.79 Å². The maximum absolute atomic E-state index is 11.4. The van der Waals surface area contributed by atoms with Gasteiger partial charge in [0.15, 0.2) is 0 Å². The Bertz CT molecular complexity index is 261. The van der Waals surface area contributed by atoms with Gasteiger partial charge in [-0.15, -0.1) is 0 Å². The number of amides is 1. The fourth-order valence-electron chi connectivity index (χ4n) is 1.13. The standard InChI is InChI=1S/C10H15NO/c1-4-8(3)11-10(12)9-6-5-7(9)2/h4H,5-6H2,1-3H3,(H,11,12). The molecule has 2 nitrogen and oxygen atoms in total. The molecule has 1 amide bonds. The summed E-state index contributed by atoms with van der Waals surface area (Å²) in [5.74, 6) is 0.0781. The van der Waals surface area contributed by atoms with Crippen LogP contribution in [0.3, 0.4) is 0 Å². The van der Waals surface area contributed by atoms with E-state index >= 15 is 0 Å². The van der Waals surface area contributed by atoms with Crippen LogP contribution in [-0.4, -0.2) is 5.91 Å². The van der Waals surface area contributed by atoms with Crippen LogP contribution >= 0.6 is 0 Å². The lowest BCUT2D eigenvalue weighted by molar-refractivity contribution is -0.117. The zero-order valence-electron chi connectivity index (χ0n) is 7.90. The van der Waals surface area contributed by atoms with E-state index in [4.69, 9.17) is 0 Å². The summed E-state index contributed by atoms with van der Waals surface area (Å²) in [7, 11) is 0. The number of allylic oxidation sites excluding steroid dienone is 3. The van der Waals surface area contributed by atoms with Crippen molar-refractivity contribution in [1.82, 2.24) is 5.32 Å². The molecule has 0 radical (unpaired) electrons. The van der Waals surface area contributed by atoms with Crippen LogP contribution in [0.4, 0.5) is 0 Å². The van der Waals surface area contributed by atoms with Gasteiger partial charge in [0.05, 0.1) is 0 Å². The molecule has 1 aliphatic carbocycles. The van der Waals surface area contributed by atoms with Crippen molar-refractivity contribution in [1.29, 1.82) is 0 Å². The van der Waals surface area contributed by atoms with Crippen molar-refractivity contribution >= 4 is 5.91 Å². The first-order valence-corrected chi connectivity index (χ1v) is 4.28. The number of carbonyl (C=O) groups excluding carboxylic acids is 1. The summed E-state index contributed by atoms with van der Waals surface area (Å²) >= 11 is 0. The van der Waals surface area contributed by atoms with Gasteiger partial charge in [0.2, 0.25) is 0 Å². The highest BCUT2D eigenvalue weighted by atomic mass is 16.1. The molecule has 0 heterocycles. The van der Waals surface area contributed by atoms with E-state index in [1.54, 1.807) is 0 Å². The predicted octanol–water partition coefficient (Wildman–Crippen LogP) is 2.14. The molecule has 0 spiro atoms. The second-order valence-corrected chi connectivity index (χ2v) is 3.18. The molecule has 0 aromatic heterocycles. The minimum absolute atomic E-state index is 0.0781. The Kier molecular flexibility index (Phi) is 2.69. The molecule has 1 N–H and O–H groups in total. The number of hydrogen-bond donors (Lipinski definition) is 1. The Labute approximate surface area is 73.4 Å². The normalized spacial score (nSPS) is 17.4. The lowest BCUT2D eigenvalue weighted by Crippen LogP contribution is -2.26. The Hall–Kier alpha value is -1.05. The van der Waals surface area contributed by atoms with E-state index in [0.717, 1.165) is 24.1 Å². The third-order valence-electron chi connectivity index (χ3n) is 2.28. The third-order valence-corrected chi connectivity index (χ3v) is 2.28. The average molecular weight is 165 g/mol. The smallest absolute Gasteiger partial charge is 0.251 e. The quantitative estimate of drug-likeness (QED) is 0.667. The van der Waals surface area contributed by atoms with Crippen molar-refractivity contribution in [2.45, 2.75) is 33.6 Å². The Balaban J connectivity index is 2.56. The van der Waals surface area contributed by atoms with Crippen LogP contribution in [0.1, 0.15) is 33.6 Å². The molecule has 0 saturated carbocycles. The summed E-state index contributed by atoms with van der Waals surface area (Å²) in [4.78, 5) is 11.4. The first-order valence-electron chi connectivity index (χ1n) is 4.28. The number of hydrogen-bond acceptors (Lipinski definition) is 1. The van der Waals surface area contributed by atoms with E-state index in [1.807, 2.05) is 26.8 Å². The summed E-state index contributed by atoms with van der Waals surface area (Å²) < 4.78 is 0. The van der Waals surface area contributed by atoms with Crippen molar-refractivity contribution in [3.05, 3.63) is 22.9 Å². The molecule has 0 saturated heterocycles. The van der Waals surface area contributed by atoms with Gasteiger partial charge in [-0.1, -0.05) is 11.6 Å². The van der Waals surface area contributed by atoms with Crippen molar-refractivity contribution in [2.24, 2.45) is 0 Å². The van der Waals surface area contributed by atoms with Gasteiger partial charge < -0.3 is 5.32 Å². The zero-order valence-corrected chi connectivity index (χ0v) is 7.90. The fourth-order valence-corrected chi connectivity index (χ4v) is 1.13. The summed E-state index contributed by atoms with van der Waals surface area (Å²) in [5, 5.41) is 2.83. The monoisotopic (exact) mass is 165 g/mol. The van der Waals surface area contributed by atoms with E-state index in [1.165, 1.54) is 5.57 Å². The molecule has 1 rings (SSSR count). The fraction of sp³-hybridized carbons (Fsp3) is 0.500. The van der Waals surface area contributed by atoms with Crippen LogP contribution in [0, 0.1) is 0 Å². The van der Waals surface area contributed by atoms with Crippen molar-refractivity contribution < 1.29 is 4.79 Å². The second kappa shape index (κ2) is 3.57. The molecular weight excluding hydrogens is 150 g/mol. The number of rotatable bonds is 2. The summed E-state index contributed by atoms with van der Waals surface area (Å²) in [5.41, 5.74) is 3.12. The number of nitrogens with one attached hydrogen (secondary N) is 1. The van der Waals surface area contributed by atoms with Gasteiger partial charge in [-0.2, -0.15) is 0 Å². The van der Waals surface area contributed by atoms with Crippen LogP contribution in [0.15, 0.2) is 22.9 Å². The van der Waals surface area contributed by atoms with Gasteiger partial charge in [0.25, 0.3) is 5.91 Å². The van der Waals surface area contributed by atoms with Gasteiger partial charge in [-0.25, -0.2) is 0 Å². The Morgan fingerprint density at radius 1 is 1.50 bits per heavy atom. The molecule has 0 unspecified atom stereocenters. The third kappa shape index (κ3) is 1.76. The first-order chi connectivity index (χ1) is 5.65. The lowest BCUT2D eigenvalue weighted by atomic mass is 9.89. The van der Waals surface area contributed by atoms with E-state index < -0.39 is 0 Å². The second-order valence-electron chi connectivity index (χ2n) is 3.18. The van der Waals surface area contributed by atoms with Gasteiger partial charge in [0.1, 0.15) is 0 Å². The van der Waals surface area contributed by atoms with Crippen LogP contribution in [0.2, 0.25) is 0 Å². The largest absolute Gasteiger partial charge is 0.327 e. The zero-order chi connectivity index (χ0) is 9.14. The SMILES string of the molecule is CC=C(C)NC(=O)C1=C(C)CC1. The maximum atomic E-state index is 11.4. The molecule has 12 heavy (non-hydrogen) atoms. The molecule has 66 valence electrons. The average Bonchev–Trinajstić information content (AvgIpc) is 2.01. The van der Waals surface area contributed by atoms with Crippen LogP contribution in [0.25, 0.3) is 0 Å². The molecular formula is C10H15NO. The summed E-state index contributed by atoms with van der Waals surface area (Å²) in [6.45, 7) is 5.83.